The highest BCUT2D eigenvalue weighted by Gasteiger charge is 2.23. The Kier molecular flexibility index (Phi) is 16.8. The normalized spacial score (nSPS) is 13.6. The minimum Gasteiger partial charge on any atom is -0.508 e. The van der Waals surface area contributed by atoms with Crippen molar-refractivity contribution in [3.05, 3.63) is 119 Å². The minimum atomic E-state index is 0.0784. The third-order valence-electron chi connectivity index (χ3n) is 9.01. The smallest absolute Gasteiger partial charge is 0.115 e. The van der Waals surface area contributed by atoms with Crippen molar-refractivity contribution in [2.45, 2.75) is 51.4 Å². The van der Waals surface area contributed by atoms with Crippen molar-refractivity contribution in [1.82, 2.24) is 0 Å². The van der Waals surface area contributed by atoms with Crippen molar-refractivity contribution in [2.24, 2.45) is 23.7 Å². The fourth-order valence-corrected chi connectivity index (χ4v) is 6.22. The molecule has 0 unspecified atom stereocenters. The topological polar surface area (TPSA) is 162 Å². The number of hydrogen-bond donors (Lipinski definition) is 8. The Hall–Kier alpha value is -4.08. The van der Waals surface area contributed by atoms with Gasteiger partial charge in [-0.2, -0.15) is 0 Å². The molecule has 0 aliphatic carbocycles. The number of aliphatic hydroxyl groups excluding tert-OH is 4. The first-order chi connectivity index (χ1) is 23.2. The van der Waals surface area contributed by atoms with Crippen LogP contribution in [0.3, 0.4) is 0 Å². The number of rotatable bonds is 18. The summed E-state index contributed by atoms with van der Waals surface area (Å²) in [5.74, 6) is 1.59. The number of phenols is 4. The molecule has 0 saturated carbocycles. The van der Waals surface area contributed by atoms with Gasteiger partial charge in [-0.25, -0.2) is 0 Å². The highest BCUT2D eigenvalue weighted by atomic mass is 16.3. The van der Waals surface area contributed by atoms with Gasteiger partial charge in [0.15, 0.2) is 0 Å². The lowest BCUT2D eigenvalue weighted by atomic mass is 9.80. The molecular formula is C40H52O8. The van der Waals surface area contributed by atoms with Crippen LogP contribution >= 0.6 is 0 Å². The van der Waals surface area contributed by atoms with Crippen LogP contribution in [-0.2, 0) is 25.7 Å². The Balaban J connectivity index is 0.000000260. The maximum Gasteiger partial charge on any atom is 0.115 e. The van der Waals surface area contributed by atoms with E-state index in [9.17, 15) is 30.6 Å². The van der Waals surface area contributed by atoms with E-state index in [0.29, 0.717) is 12.8 Å². The van der Waals surface area contributed by atoms with E-state index in [1.165, 1.54) is 0 Å². The van der Waals surface area contributed by atoms with Crippen LogP contribution in [0.25, 0.3) is 0 Å². The van der Waals surface area contributed by atoms with E-state index in [-0.39, 0.29) is 73.1 Å². The molecule has 8 heteroatoms. The van der Waals surface area contributed by atoms with Crippen molar-refractivity contribution < 1.29 is 40.9 Å². The molecular weight excluding hydrogens is 608 g/mol. The van der Waals surface area contributed by atoms with Gasteiger partial charge in [0.25, 0.3) is 0 Å². The van der Waals surface area contributed by atoms with Gasteiger partial charge in [-0.15, -0.1) is 0 Å². The standard InChI is InChI=1S/2C20H26O4/c2*21-11-1-2-17(12-15-3-7-19(23)8-4-15)18(14-22)13-16-5-9-20(24)10-6-16/h2*3-10,17-18,21-24H,1-2,11-14H2/t2*17-,18+/m10/s1. The third kappa shape index (κ3) is 13.6. The second-order valence-electron chi connectivity index (χ2n) is 12.6. The van der Waals surface area contributed by atoms with E-state index < -0.39 is 0 Å². The molecule has 0 heterocycles. The average Bonchev–Trinajstić information content (AvgIpc) is 3.10. The molecule has 0 spiro atoms. The quantitative estimate of drug-likeness (QED) is 0.0668. The molecule has 8 nitrogen and oxygen atoms in total. The molecule has 0 aliphatic heterocycles. The van der Waals surface area contributed by atoms with Crippen LogP contribution in [0.5, 0.6) is 23.0 Å². The molecule has 4 aromatic carbocycles. The predicted molar refractivity (Wildman–Crippen MR) is 188 cm³/mol. The van der Waals surface area contributed by atoms with Gasteiger partial charge in [-0.1, -0.05) is 48.5 Å². The van der Waals surface area contributed by atoms with Gasteiger partial charge in [0.05, 0.1) is 0 Å². The second kappa shape index (κ2) is 21.0. The van der Waals surface area contributed by atoms with Crippen LogP contribution in [0.2, 0.25) is 0 Å². The van der Waals surface area contributed by atoms with Crippen molar-refractivity contribution in [3.63, 3.8) is 0 Å². The Bertz CT molecular complexity index is 1300. The van der Waals surface area contributed by atoms with Gasteiger partial charge in [-0.3, -0.25) is 0 Å². The highest BCUT2D eigenvalue weighted by Crippen LogP contribution is 2.29. The maximum absolute atomic E-state index is 9.88. The zero-order valence-electron chi connectivity index (χ0n) is 27.6. The van der Waals surface area contributed by atoms with Gasteiger partial charge in [0.1, 0.15) is 23.0 Å². The largest absolute Gasteiger partial charge is 0.508 e. The molecule has 4 rings (SSSR count). The van der Waals surface area contributed by atoms with Crippen molar-refractivity contribution in [3.8, 4) is 23.0 Å². The SMILES string of the molecule is OCCC[C@@H](Cc1ccc(O)cc1)[C@@H](CO)Cc1ccc(O)cc1.OCCC[C@H](Cc1ccc(O)cc1)[C@H](CO)Cc1ccc(O)cc1. The van der Waals surface area contributed by atoms with E-state index in [1.54, 1.807) is 48.5 Å². The zero-order valence-corrected chi connectivity index (χ0v) is 27.6. The van der Waals surface area contributed by atoms with Crippen LogP contribution < -0.4 is 0 Å². The first-order valence-corrected chi connectivity index (χ1v) is 16.8. The molecule has 0 aromatic heterocycles. The van der Waals surface area contributed by atoms with Gasteiger partial charge < -0.3 is 40.9 Å². The van der Waals surface area contributed by atoms with Crippen LogP contribution in [0.4, 0.5) is 0 Å². The average molecular weight is 661 g/mol. The first-order valence-electron chi connectivity index (χ1n) is 16.8. The molecule has 4 aromatic rings. The summed E-state index contributed by atoms with van der Waals surface area (Å²) in [5.41, 5.74) is 4.37. The van der Waals surface area contributed by atoms with E-state index in [2.05, 4.69) is 0 Å². The maximum atomic E-state index is 9.88. The summed E-state index contributed by atoms with van der Waals surface area (Å²) in [5, 5.41) is 75.7. The first kappa shape index (κ1) is 38.4. The molecule has 48 heavy (non-hydrogen) atoms. The molecule has 8 N–H and O–H groups in total. The van der Waals surface area contributed by atoms with E-state index in [1.807, 2.05) is 48.5 Å². The minimum absolute atomic E-state index is 0.0784. The van der Waals surface area contributed by atoms with Crippen molar-refractivity contribution >= 4 is 0 Å². The molecule has 0 fully saturated rings. The summed E-state index contributed by atoms with van der Waals surface area (Å²) in [6.45, 7) is 0.441. The third-order valence-corrected chi connectivity index (χ3v) is 9.01. The summed E-state index contributed by atoms with van der Waals surface area (Å²) in [6.07, 6.45) is 6.12. The molecule has 0 bridgehead atoms. The Morgan fingerprint density at radius 1 is 0.333 bits per heavy atom. The summed E-state index contributed by atoms with van der Waals surface area (Å²) >= 11 is 0. The van der Waals surface area contributed by atoms with Crippen LogP contribution in [0, 0.1) is 23.7 Å². The fraction of sp³-hybridized carbons (Fsp3) is 0.400. The van der Waals surface area contributed by atoms with Crippen LogP contribution in [0.1, 0.15) is 47.9 Å². The van der Waals surface area contributed by atoms with Crippen molar-refractivity contribution in [2.75, 3.05) is 26.4 Å². The highest BCUT2D eigenvalue weighted by molar-refractivity contribution is 5.29. The van der Waals surface area contributed by atoms with Gasteiger partial charge in [-0.05, 0) is 146 Å². The molecule has 0 radical (unpaired) electrons. The van der Waals surface area contributed by atoms with Gasteiger partial charge in [0, 0.05) is 26.4 Å². The monoisotopic (exact) mass is 660 g/mol. The fourth-order valence-electron chi connectivity index (χ4n) is 6.22. The second-order valence-corrected chi connectivity index (χ2v) is 12.6. The Morgan fingerprint density at radius 2 is 0.562 bits per heavy atom. The molecule has 260 valence electrons. The lowest BCUT2D eigenvalue weighted by Gasteiger charge is -2.26. The number of hydrogen-bond acceptors (Lipinski definition) is 8. The Labute approximate surface area is 284 Å². The van der Waals surface area contributed by atoms with Crippen LogP contribution in [0.15, 0.2) is 97.1 Å². The summed E-state index contributed by atoms with van der Waals surface area (Å²) in [6, 6.07) is 28.4. The van der Waals surface area contributed by atoms with Crippen molar-refractivity contribution in [1.29, 1.82) is 0 Å². The zero-order chi connectivity index (χ0) is 34.7. The van der Waals surface area contributed by atoms with Gasteiger partial charge in [0.2, 0.25) is 0 Å². The van der Waals surface area contributed by atoms with E-state index in [4.69, 9.17) is 10.2 Å². The molecule has 4 atom stereocenters. The van der Waals surface area contributed by atoms with Crippen LogP contribution in [-0.4, -0.2) is 67.3 Å². The number of phenolic OH excluding ortho intramolecular Hbond substituents is 4. The Morgan fingerprint density at radius 3 is 0.771 bits per heavy atom. The summed E-state index contributed by atoms with van der Waals surface area (Å²) in [7, 11) is 0. The molecule has 0 aliphatic rings. The number of benzene rings is 4. The number of aromatic hydroxyl groups is 4. The number of aliphatic hydroxyl groups is 4. The predicted octanol–water partition coefficient (Wildman–Crippen LogP) is 5.76. The summed E-state index contributed by atoms with van der Waals surface area (Å²) in [4.78, 5) is 0. The lowest BCUT2D eigenvalue weighted by Crippen LogP contribution is -2.23. The van der Waals surface area contributed by atoms with E-state index in [0.717, 1.165) is 60.8 Å². The summed E-state index contributed by atoms with van der Waals surface area (Å²) < 4.78 is 0. The van der Waals surface area contributed by atoms with Gasteiger partial charge >= 0.3 is 0 Å². The lowest BCUT2D eigenvalue weighted by molar-refractivity contribution is 0.158. The molecule has 0 amide bonds. The van der Waals surface area contributed by atoms with E-state index >= 15 is 0 Å². The molecule has 0 saturated heterocycles.